The summed E-state index contributed by atoms with van der Waals surface area (Å²) in [6.45, 7) is 12.2. The number of halogens is 2. The van der Waals surface area contributed by atoms with Crippen molar-refractivity contribution in [1.82, 2.24) is 38.5 Å². The van der Waals surface area contributed by atoms with Crippen molar-refractivity contribution in [3.8, 4) is 5.69 Å². The maximum absolute atomic E-state index is 14.9. The van der Waals surface area contributed by atoms with E-state index in [9.17, 15) is 18.4 Å². The molecule has 1 N–H and O–H groups in total. The Labute approximate surface area is 341 Å². The van der Waals surface area contributed by atoms with Gasteiger partial charge in [-0.2, -0.15) is 4.98 Å². The fourth-order valence-corrected chi connectivity index (χ4v) is 8.97. The fraction of sp³-hybridized carbons (Fsp3) is 0.326. The summed E-state index contributed by atoms with van der Waals surface area (Å²) in [7, 11) is 0. The predicted molar refractivity (Wildman–Crippen MR) is 225 cm³/mol. The van der Waals surface area contributed by atoms with E-state index in [2.05, 4.69) is 36.0 Å². The third-order valence-corrected chi connectivity index (χ3v) is 11.5. The van der Waals surface area contributed by atoms with E-state index in [1.165, 1.54) is 12.1 Å². The van der Waals surface area contributed by atoms with Crippen molar-refractivity contribution >= 4 is 39.7 Å². The zero-order valence-electron chi connectivity index (χ0n) is 33.8. The number of benzene rings is 3. The number of nitrogens with one attached hydrogen (secondary N) is 1. The van der Waals surface area contributed by atoms with E-state index in [4.69, 9.17) is 9.97 Å². The highest BCUT2D eigenvalue weighted by atomic mass is 19.1. The first kappa shape index (κ1) is 38.3. The highest BCUT2D eigenvalue weighted by Gasteiger charge is 2.31. The number of likely N-dealkylation sites (tertiary alicyclic amines) is 1. The minimum atomic E-state index is -0.636. The van der Waals surface area contributed by atoms with Gasteiger partial charge in [-0.3, -0.25) is 13.9 Å². The van der Waals surface area contributed by atoms with E-state index in [-0.39, 0.29) is 29.6 Å². The molecule has 3 aromatic carbocycles. The van der Waals surface area contributed by atoms with Crippen LogP contribution in [0.2, 0.25) is 0 Å². The van der Waals surface area contributed by atoms with Crippen LogP contribution in [0.25, 0.3) is 27.9 Å². The fourth-order valence-electron chi connectivity index (χ4n) is 8.97. The molecule has 11 nitrogen and oxygen atoms in total. The SMILES string of the molecule is Cc1nc(Nc2ccccc2)nc2c1n(-c1ccc(C(=O)N3CCc4c(n(Cc5ccc(F)cc5F)c5ncccc45)C3)cc1)c(=O)n2[C@H]1CCCN(CC(C)(C)C)C1. The van der Waals surface area contributed by atoms with Crippen molar-refractivity contribution in [2.24, 2.45) is 5.41 Å². The summed E-state index contributed by atoms with van der Waals surface area (Å²) >= 11 is 0. The monoisotopic (exact) mass is 795 g/mol. The number of para-hydroxylation sites is 1. The van der Waals surface area contributed by atoms with E-state index in [1.54, 1.807) is 27.8 Å². The van der Waals surface area contributed by atoms with Crippen LogP contribution >= 0.6 is 0 Å². The van der Waals surface area contributed by atoms with Crippen LogP contribution in [-0.4, -0.2) is 70.5 Å². The number of fused-ring (bicyclic) bond motifs is 4. The van der Waals surface area contributed by atoms with Crippen LogP contribution in [0.15, 0.2) is 95.9 Å². The number of hydrogen-bond donors (Lipinski definition) is 1. The molecule has 1 amide bonds. The van der Waals surface area contributed by atoms with Gasteiger partial charge >= 0.3 is 5.69 Å². The second kappa shape index (κ2) is 15.2. The number of anilines is 2. The second-order valence-corrected chi connectivity index (χ2v) is 17.0. The first-order valence-corrected chi connectivity index (χ1v) is 20.3. The topological polar surface area (TPSA) is 106 Å². The van der Waals surface area contributed by atoms with Crippen LogP contribution in [0.5, 0.6) is 0 Å². The first-order chi connectivity index (χ1) is 28.4. The summed E-state index contributed by atoms with van der Waals surface area (Å²) in [5.41, 5.74) is 6.68. The van der Waals surface area contributed by atoms with Gasteiger partial charge in [-0.15, -0.1) is 0 Å². The van der Waals surface area contributed by atoms with Gasteiger partial charge in [0.05, 0.1) is 30.5 Å². The molecular weight excluding hydrogens is 749 g/mol. The molecule has 0 spiro atoms. The Hall–Kier alpha value is -6.21. The predicted octanol–water partition coefficient (Wildman–Crippen LogP) is 8.19. The van der Waals surface area contributed by atoms with Gasteiger partial charge in [0, 0.05) is 59.8 Å². The van der Waals surface area contributed by atoms with Crippen LogP contribution in [0.4, 0.5) is 20.4 Å². The van der Waals surface area contributed by atoms with Crippen LogP contribution in [0.3, 0.4) is 0 Å². The zero-order valence-corrected chi connectivity index (χ0v) is 33.8. The van der Waals surface area contributed by atoms with E-state index in [0.29, 0.717) is 64.8 Å². The molecule has 6 heterocycles. The second-order valence-electron chi connectivity index (χ2n) is 17.0. The highest BCUT2D eigenvalue weighted by Crippen LogP contribution is 2.33. The molecule has 9 rings (SSSR count). The molecule has 0 aliphatic carbocycles. The Morgan fingerprint density at radius 1 is 0.932 bits per heavy atom. The largest absolute Gasteiger partial charge is 0.335 e. The van der Waals surface area contributed by atoms with Gasteiger partial charge in [0.2, 0.25) is 5.95 Å². The lowest BCUT2D eigenvalue weighted by Crippen LogP contribution is -2.43. The lowest BCUT2D eigenvalue weighted by molar-refractivity contribution is 0.0730. The van der Waals surface area contributed by atoms with Crippen molar-refractivity contribution in [2.45, 2.75) is 66.1 Å². The van der Waals surface area contributed by atoms with Gasteiger partial charge in [-0.1, -0.05) is 45.0 Å². The molecular formula is C46H47F2N9O2. The number of pyridine rings is 1. The number of aryl methyl sites for hydroxylation is 1. The molecule has 0 radical (unpaired) electrons. The number of nitrogens with zero attached hydrogens (tertiary/aromatic N) is 8. The number of imidazole rings is 1. The van der Waals surface area contributed by atoms with Crippen molar-refractivity contribution in [1.29, 1.82) is 0 Å². The van der Waals surface area contributed by atoms with E-state index in [1.807, 2.05) is 70.7 Å². The standard InChI is InChI=1S/C46H47F2N9O2/c1-29-40-42(52-44(50-29)51-33-10-6-5-7-11-33)57(35-12-9-22-53(26-35)28-46(2,3)4)45(59)56(40)34-18-15-30(16-19-34)43(58)54-23-20-36-37-13-8-21-49-41(37)55(39(36)27-54)25-31-14-17-32(47)24-38(31)48/h5-8,10-11,13-19,21,24,35H,9,12,20,22-23,25-28H2,1-4H3,(H,50,51,52)/t35-/m0/s1. The minimum Gasteiger partial charge on any atom is -0.332 e. The molecule has 1 saturated heterocycles. The Morgan fingerprint density at radius 3 is 2.49 bits per heavy atom. The summed E-state index contributed by atoms with van der Waals surface area (Å²) < 4.78 is 34.1. The lowest BCUT2D eigenvalue weighted by atomic mass is 9.94. The van der Waals surface area contributed by atoms with E-state index < -0.39 is 11.6 Å². The maximum Gasteiger partial charge on any atom is 0.335 e. The normalized spacial score (nSPS) is 16.2. The summed E-state index contributed by atoms with van der Waals surface area (Å²) in [5.74, 6) is -1.01. The maximum atomic E-state index is 14.9. The molecule has 2 aliphatic heterocycles. The number of hydrogen-bond acceptors (Lipinski definition) is 7. The average Bonchev–Trinajstić information content (AvgIpc) is 3.69. The van der Waals surface area contributed by atoms with Gasteiger partial charge in [-0.25, -0.2) is 23.5 Å². The van der Waals surface area contributed by atoms with Gasteiger partial charge in [0.25, 0.3) is 5.91 Å². The van der Waals surface area contributed by atoms with Gasteiger partial charge in [0.1, 0.15) is 22.8 Å². The number of piperidine rings is 1. The molecule has 0 saturated carbocycles. The molecule has 1 atom stereocenters. The summed E-state index contributed by atoms with van der Waals surface area (Å²) in [6, 6.07) is 24.3. The Kier molecular flexibility index (Phi) is 9.86. The van der Waals surface area contributed by atoms with Gasteiger partial charge in [0.15, 0.2) is 5.65 Å². The molecule has 4 aromatic heterocycles. The van der Waals surface area contributed by atoms with Crippen LogP contribution in [-0.2, 0) is 19.5 Å². The minimum absolute atomic E-state index is 0.0867. The Bertz CT molecular complexity index is 2770. The Morgan fingerprint density at radius 2 is 1.73 bits per heavy atom. The van der Waals surface area contributed by atoms with Gasteiger partial charge < -0.3 is 19.7 Å². The van der Waals surface area contributed by atoms with E-state index in [0.717, 1.165) is 60.9 Å². The number of rotatable bonds is 8. The summed E-state index contributed by atoms with van der Waals surface area (Å²) in [5, 5.41) is 4.29. The third kappa shape index (κ3) is 7.39. The highest BCUT2D eigenvalue weighted by molar-refractivity contribution is 5.95. The van der Waals surface area contributed by atoms with Crippen LogP contribution in [0, 0.1) is 24.0 Å². The number of amides is 1. The van der Waals surface area contributed by atoms with Crippen molar-refractivity contribution < 1.29 is 13.6 Å². The molecule has 59 heavy (non-hydrogen) atoms. The van der Waals surface area contributed by atoms with Crippen molar-refractivity contribution in [2.75, 3.05) is 31.5 Å². The summed E-state index contributed by atoms with van der Waals surface area (Å²) in [4.78, 5) is 47.6. The van der Waals surface area contributed by atoms with Crippen LogP contribution < -0.4 is 11.0 Å². The molecule has 2 aliphatic rings. The first-order valence-electron chi connectivity index (χ1n) is 20.3. The number of carbonyl (C=O) groups excluding carboxylic acids is 1. The zero-order chi connectivity index (χ0) is 41.0. The van der Waals surface area contributed by atoms with E-state index >= 15 is 0 Å². The van der Waals surface area contributed by atoms with Gasteiger partial charge in [-0.05, 0) is 98.3 Å². The molecule has 302 valence electrons. The molecule has 13 heteroatoms. The van der Waals surface area contributed by atoms with Crippen molar-refractivity contribution in [3.05, 3.63) is 141 Å². The third-order valence-electron chi connectivity index (χ3n) is 11.5. The molecule has 1 fully saturated rings. The molecule has 0 bridgehead atoms. The van der Waals surface area contributed by atoms with Crippen molar-refractivity contribution in [3.63, 3.8) is 0 Å². The number of carbonyl (C=O) groups is 1. The lowest BCUT2D eigenvalue weighted by Gasteiger charge is -2.36. The quantitative estimate of drug-likeness (QED) is 0.165. The smallest absolute Gasteiger partial charge is 0.332 e. The summed E-state index contributed by atoms with van der Waals surface area (Å²) in [6.07, 6.45) is 4.12. The Balaban J connectivity index is 1.05. The van der Waals surface area contributed by atoms with Crippen LogP contribution in [0.1, 0.15) is 72.5 Å². The average molecular weight is 796 g/mol. The number of aromatic nitrogens is 6. The molecule has 7 aromatic rings. The molecule has 0 unspecified atom stereocenters.